The summed E-state index contributed by atoms with van der Waals surface area (Å²) in [6.07, 6.45) is 0.384. The minimum Gasteiger partial charge on any atom is -0.486 e. The number of amides is 1. The number of aliphatic carboxylic acids is 1. The van der Waals surface area contributed by atoms with Gasteiger partial charge in [0.1, 0.15) is 13.2 Å². The molecule has 0 saturated heterocycles. The highest BCUT2D eigenvalue weighted by Gasteiger charge is 2.20. The Morgan fingerprint density at radius 1 is 1.15 bits per heavy atom. The van der Waals surface area contributed by atoms with E-state index in [1.807, 2.05) is 30.3 Å². The molecule has 3 rings (SSSR count). The van der Waals surface area contributed by atoms with Gasteiger partial charge in [-0.1, -0.05) is 41.9 Å². The summed E-state index contributed by atoms with van der Waals surface area (Å²) in [5.74, 6) is -0.0940. The van der Waals surface area contributed by atoms with Crippen molar-refractivity contribution in [3.8, 4) is 11.5 Å². The van der Waals surface area contributed by atoms with Crippen molar-refractivity contribution in [2.45, 2.75) is 25.3 Å². The molecule has 2 N–H and O–H groups in total. The van der Waals surface area contributed by atoms with Gasteiger partial charge in [-0.25, -0.2) is 0 Å². The van der Waals surface area contributed by atoms with Crippen molar-refractivity contribution in [3.05, 3.63) is 58.6 Å². The Labute approximate surface area is 162 Å². The Kier molecular flexibility index (Phi) is 6.19. The van der Waals surface area contributed by atoms with Crippen LogP contribution in [0, 0.1) is 0 Å². The van der Waals surface area contributed by atoms with Gasteiger partial charge >= 0.3 is 5.97 Å². The molecular formula is C20H20ClNO5. The minimum atomic E-state index is -0.899. The molecule has 142 valence electrons. The summed E-state index contributed by atoms with van der Waals surface area (Å²) in [6.45, 7) is 0.874. The molecule has 0 radical (unpaired) electrons. The van der Waals surface area contributed by atoms with Gasteiger partial charge in [-0.15, -0.1) is 0 Å². The van der Waals surface area contributed by atoms with E-state index in [0.717, 1.165) is 5.56 Å². The predicted octanol–water partition coefficient (Wildman–Crippen LogP) is 3.38. The number of fused-ring (bicyclic) bond motifs is 1. The number of carboxylic acid groups (broad SMARTS) is 1. The number of halogens is 1. The fourth-order valence-electron chi connectivity index (χ4n) is 2.97. The topological polar surface area (TPSA) is 84.9 Å². The van der Waals surface area contributed by atoms with E-state index in [2.05, 4.69) is 5.32 Å². The van der Waals surface area contributed by atoms with E-state index in [4.69, 9.17) is 26.2 Å². The maximum absolute atomic E-state index is 12.5. The highest BCUT2D eigenvalue weighted by Crippen LogP contribution is 2.38. The lowest BCUT2D eigenvalue weighted by Gasteiger charge is -2.21. The van der Waals surface area contributed by atoms with Gasteiger partial charge in [0, 0.05) is 6.42 Å². The molecule has 0 aliphatic carbocycles. The van der Waals surface area contributed by atoms with Crippen LogP contribution in [0.25, 0.3) is 0 Å². The first kappa shape index (κ1) is 19.0. The molecule has 1 atom stereocenters. The first-order valence-corrected chi connectivity index (χ1v) is 9.05. The van der Waals surface area contributed by atoms with Crippen LogP contribution in [0.4, 0.5) is 0 Å². The zero-order valence-corrected chi connectivity index (χ0v) is 15.4. The number of nitrogens with one attached hydrogen (secondary N) is 1. The molecule has 1 aliphatic heterocycles. The summed E-state index contributed by atoms with van der Waals surface area (Å²) in [7, 11) is 0. The largest absolute Gasteiger partial charge is 0.486 e. The van der Waals surface area contributed by atoms with Crippen molar-refractivity contribution in [1.82, 2.24) is 5.32 Å². The fourth-order valence-corrected chi connectivity index (χ4v) is 3.26. The van der Waals surface area contributed by atoms with Crippen molar-refractivity contribution in [3.63, 3.8) is 0 Å². The van der Waals surface area contributed by atoms with Gasteiger partial charge in [0.05, 0.1) is 17.5 Å². The lowest BCUT2D eigenvalue weighted by molar-refractivity contribution is -0.137. The molecule has 1 amide bonds. The maximum Gasteiger partial charge on any atom is 0.303 e. The molecule has 1 heterocycles. The number of hydrogen-bond acceptors (Lipinski definition) is 4. The Balaban J connectivity index is 1.70. The highest BCUT2D eigenvalue weighted by molar-refractivity contribution is 6.32. The van der Waals surface area contributed by atoms with Crippen LogP contribution < -0.4 is 14.8 Å². The summed E-state index contributed by atoms with van der Waals surface area (Å²) in [4.78, 5) is 23.5. The molecule has 0 bridgehead atoms. The molecular weight excluding hydrogens is 370 g/mol. The van der Waals surface area contributed by atoms with Crippen LogP contribution in [-0.4, -0.2) is 30.2 Å². The van der Waals surface area contributed by atoms with Crippen molar-refractivity contribution in [2.75, 3.05) is 13.2 Å². The Morgan fingerprint density at radius 2 is 1.89 bits per heavy atom. The summed E-state index contributed by atoms with van der Waals surface area (Å²) in [5, 5.41) is 12.3. The van der Waals surface area contributed by atoms with Gasteiger partial charge in [0.25, 0.3) is 0 Å². The van der Waals surface area contributed by atoms with Crippen molar-refractivity contribution in [2.24, 2.45) is 0 Å². The van der Waals surface area contributed by atoms with Gasteiger partial charge in [0.15, 0.2) is 11.5 Å². The highest BCUT2D eigenvalue weighted by atomic mass is 35.5. The van der Waals surface area contributed by atoms with Crippen LogP contribution in [0.2, 0.25) is 5.02 Å². The molecule has 1 unspecified atom stereocenters. The molecule has 7 heteroatoms. The van der Waals surface area contributed by atoms with E-state index in [1.165, 1.54) is 0 Å². The van der Waals surface area contributed by atoms with Crippen LogP contribution >= 0.6 is 11.6 Å². The molecule has 0 aromatic heterocycles. The second-order valence-electron chi connectivity index (χ2n) is 6.24. The summed E-state index contributed by atoms with van der Waals surface area (Å²) < 4.78 is 11.0. The molecule has 2 aromatic carbocycles. The molecule has 2 aromatic rings. The molecule has 27 heavy (non-hydrogen) atoms. The SMILES string of the molecule is O=C(O)CCC(NC(=O)Cc1cc(Cl)c2c(c1)OCCO2)c1ccccc1. The van der Waals surface area contributed by atoms with Crippen molar-refractivity contribution in [1.29, 1.82) is 0 Å². The van der Waals surface area contributed by atoms with Gasteiger partial charge in [-0.05, 0) is 29.7 Å². The second kappa shape index (κ2) is 8.77. The normalized spacial score (nSPS) is 13.7. The third-order valence-electron chi connectivity index (χ3n) is 4.21. The summed E-state index contributed by atoms with van der Waals surface area (Å²) in [6, 6.07) is 12.4. The first-order valence-electron chi connectivity index (χ1n) is 8.67. The number of carbonyl (C=O) groups excluding carboxylic acids is 1. The zero-order chi connectivity index (χ0) is 19.2. The number of ether oxygens (including phenoxy) is 2. The van der Waals surface area contributed by atoms with Crippen LogP contribution in [-0.2, 0) is 16.0 Å². The van der Waals surface area contributed by atoms with Crippen molar-refractivity contribution < 1.29 is 24.2 Å². The van der Waals surface area contributed by atoms with E-state index in [1.54, 1.807) is 12.1 Å². The van der Waals surface area contributed by atoms with E-state index in [-0.39, 0.29) is 24.8 Å². The van der Waals surface area contributed by atoms with Crippen LogP contribution in [0.3, 0.4) is 0 Å². The van der Waals surface area contributed by atoms with Crippen LogP contribution in [0.5, 0.6) is 11.5 Å². The average molecular weight is 390 g/mol. The van der Waals surface area contributed by atoms with E-state index in [9.17, 15) is 9.59 Å². The first-order chi connectivity index (χ1) is 13.0. The predicted molar refractivity (Wildman–Crippen MR) is 100 cm³/mol. The number of carboxylic acids is 1. The fraction of sp³-hybridized carbons (Fsp3) is 0.300. The molecule has 0 saturated carbocycles. The summed E-state index contributed by atoms with van der Waals surface area (Å²) in [5.41, 5.74) is 1.57. The van der Waals surface area contributed by atoms with Gasteiger partial charge in [-0.3, -0.25) is 9.59 Å². The quantitative estimate of drug-likeness (QED) is 0.758. The zero-order valence-electron chi connectivity index (χ0n) is 14.6. The maximum atomic E-state index is 12.5. The average Bonchev–Trinajstić information content (AvgIpc) is 2.65. The number of carbonyl (C=O) groups is 2. The van der Waals surface area contributed by atoms with E-state index < -0.39 is 5.97 Å². The lowest BCUT2D eigenvalue weighted by atomic mass is 10.0. The van der Waals surface area contributed by atoms with Crippen LogP contribution in [0.1, 0.15) is 30.0 Å². The third kappa shape index (κ3) is 5.14. The Bertz CT molecular complexity index is 825. The summed E-state index contributed by atoms with van der Waals surface area (Å²) >= 11 is 6.22. The standard InChI is InChI=1S/C20H20ClNO5/c21-15-10-13(11-17-20(15)27-9-8-26-17)12-18(23)22-16(6-7-19(24)25)14-4-2-1-3-5-14/h1-5,10-11,16H,6-9,12H2,(H,22,23)(H,24,25). The number of rotatable bonds is 7. The smallest absolute Gasteiger partial charge is 0.303 e. The molecule has 0 fully saturated rings. The van der Waals surface area contributed by atoms with Gasteiger partial charge in [0.2, 0.25) is 5.91 Å². The second-order valence-corrected chi connectivity index (χ2v) is 6.65. The Hall–Kier alpha value is -2.73. The van der Waals surface area contributed by atoms with Crippen molar-refractivity contribution >= 4 is 23.5 Å². The lowest BCUT2D eigenvalue weighted by Crippen LogP contribution is -2.30. The van der Waals surface area contributed by atoms with Gasteiger partial charge < -0.3 is 19.9 Å². The number of benzene rings is 2. The monoisotopic (exact) mass is 389 g/mol. The minimum absolute atomic E-state index is 0.0321. The Morgan fingerprint density at radius 3 is 2.63 bits per heavy atom. The molecule has 6 nitrogen and oxygen atoms in total. The van der Waals surface area contributed by atoms with E-state index in [0.29, 0.717) is 41.7 Å². The van der Waals surface area contributed by atoms with Gasteiger partial charge in [-0.2, -0.15) is 0 Å². The third-order valence-corrected chi connectivity index (χ3v) is 4.49. The van der Waals surface area contributed by atoms with Crippen LogP contribution in [0.15, 0.2) is 42.5 Å². The number of hydrogen-bond donors (Lipinski definition) is 2. The molecule has 1 aliphatic rings. The molecule has 0 spiro atoms. The van der Waals surface area contributed by atoms with E-state index >= 15 is 0 Å².